The Kier molecular flexibility index (Phi) is 5.77. The lowest BCUT2D eigenvalue weighted by molar-refractivity contribution is -0.143. The maximum absolute atomic E-state index is 11.6. The molecule has 0 aromatic rings. The second kappa shape index (κ2) is 6.86. The van der Waals surface area contributed by atoms with Gasteiger partial charge in [-0.3, -0.25) is 9.69 Å². The van der Waals surface area contributed by atoms with Gasteiger partial charge in [0.05, 0.1) is 7.11 Å². The minimum absolute atomic E-state index is 0.149. The monoisotopic (exact) mass is 228 g/mol. The fraction of sp³-hybridized carbons (Fsp3) is 0.917. The fourth-order valence-electron chi connectivity index (χ4n) is 2.44. The number of carbonyl (C=O) groups excluding carboxylic acids is 1. The van der Waals surface area contributed by atoms with E-state index in [-0.39, 0.29) is 12.0 Å². The Labute approximate surface area is 98.3 Å². The lowest BCUT2D eigenvalue weighted by Crippen LogP contribution is -2.47. The van der Waals surface area contributed by atoms with Crippen LogP contribution in [0.3, 0.4) is 0 Å². The number of likely N-dealkylation sites (N-methyl/N-ethyl adjacent to an activating group) is 1. The van der Waals surface area contributed by atoms with Crippen LogP contribution in [0.1, 0.15) is 33.1 Å². The molecule has 1 rings (SSSR count). The van der Waals surface area contributed by atoms with Gasteiger partial charge in [-0.15, -0.1) is 0 Å². The van der Waals surface area contributed by atoms with Gasteiger partial charge in [-0.1, -0.05) is 13.8 Å². The van der Waals surface area contributed by atoms with E-state index in [4.69, 9.17) is 4.74 Å². The van der Waals surface area contributed by atoms with Crippen molar-refractivity contribution in [3.8, 4) is 0 Å². The molecule has 16 heavy (non-hydrogen) atoms. The molecular formula is C12H24N2O2. The summed E-state index contributed by atoms with van der Waals surface area (Å²) < 4.78 is 4.82. The molecule has 1 fully saturated rings. The van der Waals surface area contributed by atoms with E-state index in [9.17, 15) is 4.79 Å². The highest BCUT2D eigenvalue weighted by Gasteiger charge is 2.28. The molecule has 0 aromatic carbocycles. The number of ether oxygens (including phenoxy) is 1. The molecule has 94 valence electrons. The molecule has 1 aliphatic rings. The normalized spacial score (nSPS) is 23.3. The van der Waals surface area contributed by atoms with Gasteiger partial charge in [-0.25, -0.2) is 0 Å². The number of likely N-dealkylation sites (tertiary alicyclic amines) is 1. The minimum atomic E-state index is -0.179. The molecule has 4 nitrogen and oxygen atoms in total. The summed E-state index contributed by atoms with van der Waals surface area (Å²) in [6.07, 6.45) is 3.68. The first-order valence-electron chi connectivity index (χ1n) is 6.28. The standard InChI is InChI=1S/C12H24N2O2/c1-4-10-7-6-8-14(10)9-11(13-5-2)12(15)16-3/h10-11,13H,4-9H2,1-3H3. The van der Waals surface area contributed by atoms with Gasteiger partial charge in [-0.2, -0.15) is 0 Å². The summed E-state index contributed by atoms with van der Waals surface area (Å²) >= 11 is 0. The van der Waals surface area contributed by atoms with E-state index in [0.29, 0.717) is 6.04 Å². The van der Waals surface area contributed by atoms with Gasteiger partial charge in [0.25, 0.3) is 0 Å². The van der Waals surface area contributed by atoms with Crippen molar-refractivity contribution in [1.82, 2.24) is 10.2 Å². The molecule has 1 saturated heterocycles. The molecule has 0 amide bonds. The Morgan fingerprint density at radius 1 is 1.56 bits per heavy atom. The van der Waals surface area contributed by atoms with Crippen LogP contribution in [0.2, 0.25) is 0 Å². The summed E-state index contributed by atoms with van der Waals surface area (Å²) in [5.74, 6) is -0.149. The van der Waals surface area contributed by atoms with Crippen LogP contribution >= 0.6 is 0 Å². The van der Waals surface area contributed by atoms with E-state index in [1.807, 2.05) is 6.92 Å². The van der Waals surface area contributed by atoms with E-state index in [0.717, 1.165) is 19.6 Å². The van der Waals surface area contributed by atoms with Crippen molar-refractivity contribution in [2.24, 2.45) is 0 Å². The first kappa shape index (κ1) is 13.5. The number of hydrogen-bond donors (Lipinski definition) is 1. The lowest BCUT2D eigenvalue weighted by atomic mass is 10.1. The largest absolute Gasteiger partial charge is 0.468 e. The summed E-state index contributed by atoms with van der Waals surface area (Å²) in [5.41, 5.74) is 0. The van der Waals surface area contributed by atoms with Crippen LogP contribution in [0.4, 0.5) is 0 Å². The highest BCUT2D eigenvalue weighted by atomic mass is 16.5. The molecule has 0 radical (unpaired) electrons. The predicted octanol–water partition coefficient (Wildman–Crippen LogP) is 1.01. The predicted molar refractivity (Wildman–Crippen MR) is 64.4 cm³/mol. The third kappa shape index (κ3) is 3.46. The van der Waals surface area contributed by atoms with Crippen molar-refractivity contribution in [2.75, 3.05) is 26.7 Å². The Hall–Kier alpha value is -0.610. The number of hydrogen-bond acceptors (Lipinski definition) is 4. The summed E-state index contributed by atoms with van der Waals surface area (Å²) in [6.45, 7) is 6.90. The maximum atomic E-state index is 11.6. The Morgan fingerprint density at radius 3 is 2.88 bits per heavy atom. The average Bonchev–Trinajstić information content (AvgIpc) is 2.74. The Balaban J connectivity index is 2.50. The van der Waals surface area contributed by atoms with Gasteiger partial charge in [0.15, 0.2) is 0 Å². The Bertz CT molecular complexity index is 221. The Morgan fingerprint density at radius 2 is 2.31 bits per heavy atom. The second-order valence-electron chi connectivity index (χ2n) is 4.33. The zero-order valence-electron chi connectivity index (χ0n) is 10.7. The number of nitrogens with one attached hydrogen (secondary N) is 1. The first-order chi connectivity index (χ1) is 7.72. The van der Waals surface area contributed by atoms with E-state index >= 15 is 0 Å². The van der Waals surface area contributed by atoms with Crippen LogP contribution in [0.5, 0.6) is 0 Å². The number of carbonyl (C=O) groups is 1. The molecular weight excluding hydrogens is 204 g/mol. The molecule has 2 unspecified atom stereocenters. The molecule has 2 atom stereocenters. The molecule has 0 saturated carbocycles. The lowest BCUT2D eigenvalue weighted by Gasteiger charge is -2.27. The van der Waals surface area contributed by atoms with Crippen LogP contribution in [0.25, 0.3) is 0 Å². The van der Waals surface area contributed by atoms with Gasteiger partial charge < -0.3 is 10.1 Å². The summed E-state index contributed by atoms with van der Waals surface area (Å²) in [7, 11) is 1.45. The van der Waals surface area contributed by atoms with Crippen molar-refractivity contribution in [3.63, 3.8) is 0 Å². The van der Waals surface area contributed by atoms with Crippen LogP contribution in [-0.2, 0) is 9.53 Å². The van der Waals surface area contributed by atoms with Crippen molar-refractivity contribution in [3.05, 3.63) is 0 Å². The number of esters is 1. The van der Waals surface area contributed by atoms with Gasteiger partial charge >= 0.3 is 5.97 Å². The van der Waals surface area contributed by atoms with Crippen LogP contribution in [-0.4, -0.2) is 49.7 Å². The van der Waals surface area contributed by atoms with Gasteiger partial charge in [0, 0.05) is 12.6 Å². The topological polar surface area (TPSA) is 41.6 Å². The van der Waals surface area contributed by atoms with E-state index in [2.05, 4.69) is 17.1 Å². The highest BCUT2D eigenvalue weighted by molar-refractivity contribution is 5.75. The molecule has 0 aromatic heterocycles. The van der Waals surface area contributed by atoms with Crippen molar-refractivity contribution >= 4 is 5.97 Å². The van der Waals surface area contributed by atoms with Crippen molar-refractivity contribution in [1.29, 1.82) is 0 Å². The fourth-order valence-corrected chi connectivity index (χ4v) is 2.44. The molecule has 0 bridgehead atoms. The third-order valence-corrected chi connectivity index (χ3v) is 3.32. The summed E-state index contributed by atoms with van der Waals surface area (Å²) in [6, 6.07) is 0.466. The number of rotatable bonds is 6. The summed E-state index contributed by atoms with van der Waals surface area (Å²) in [5, 5.41) is 3.19. The third-order valence-electron chi connectivity index (χ3n) is 3.32. The number of nitrogens with zero attached hydrogens (tertiary/aromatic N) is 1. The van der Waals surface area contributed by atoms with Gasteiger partial charge in [0.1, 0.15) is 6.04 Å². The van der Waals surface area contributed by atoms with Crippen molar-refractivity contribution < 1.29 is 9.53 Å². The van der Waals surface area contributed by atoms with Gasteiger partial charge in [0.2, 0.25) is 0 Å². The SMILES string of the molecule is CCNC(CN1CCCC1CC)C(=O)OC. The smallest absolute Gasteiger partial charge is 0.324 e. The number of methoxy groups -OCH3 is 1. The molecule has 1 aliphatic heterocycles. The van der Waals surface area contributed by atoms with E-state index in [1.165, 1.54) is 26.4 Å². The summed E-state index contributed by atoms with van der Waals surface area (Å²) in [4.78, 5) is 14.0. The van der Waals surface area contributed by atoms with Crippen LogP contribution < -0.4 is 5.32 Å². The molecule has 4 heteroatoms. The molecule has 1 heterocycles. The van der Waals surface area contributed by atoms with Crippen LogP contribution in [0.15, 0.2) is 0 Å². The zero-order chi connectivity index (χ0) is 12.0. The average molecular weight is 228 g/mol. The molecule has 0 aliphatic carbocycles. The molecule has 0 spiro atoms. The van der Waals surface area contributed by atoms with Crippen LogP contribution in [0, 0.1) is 0 Å². The highest BCUT2D eigenvalue weighted by Crippen LogP contribution is 2.19. The molecule has 1 N–H and O–H groups in total. The first-order valence-corrected chi connectivity index (χ1v) is 6.28. The van der Waals surface area contributed by atoms with E-state index < -0.39 is 0 Å². The van der Waals surface area contributed by atoms with Crippen molar-refractivity contribution in [2.45, 2.75) is 45.2 Å². The minimum Gasteiger partial charge on any atom is -0.468 e. The quantitative estimate of drug-likeness (QED) is 0.689. The van der Waals surface area contributed by atoms with E-state index in [1.54, 1.807) is 0 Å². The zero-order valence-corrected chi connectivity index (χ0v) is 10.7. The van der Waals surface area contributed by atoms with Gasteiger partial charge in [-0.05, 0) is 32.4 Å². The second-order valence-corrected chi connectivity index (χ2v) is 4.33. The maximum Gasteiger partial charge on any atom is 0.324 e.